The van der Waals surface area contributed by atoms with Gasteiger partial charge in [-0.25, -0.2) is 4.39 Å². The molecule has 1 aliphatic rings. The van der Waals surface area contributed by atoms with Crippen molar-refractivity contribution in [2.24, 2.45) is 11.1 Å². The third-order valence-electron chi connectivity index (χ3n) is 3.37. The molecule has 0 spiro atoms. The van der Waals surface area contributed by atoms with Crippen molar-refractivity contribution in [3.05, 3.63) is 34.6 Å². The first-order valence-electron chi connectivity index (χ1n) is 5.50. The molecule has 3 nitrogen and oxygen atoms in total. The molecule has 5 heteroatoms. The molecule has 0 aliphatic carbocycles. The fourth-order valence-electron chi connectivity index (χ4n) is 2.17. The van der Waals surface area contributed by atoms with E-state index in [0.29, 0.717) is 24.7 Å². The highest BCUT2D eigenvalue weighted by Crippen LogP contribution is 2.41. The third kappa shape index (κ3) is 2.31. The Morgan fingerprint density at radius 3 is 2.94 bits per heavy atom. The average molecular weight is 260 g/mol. The number of aliphatic hydroxyl groups excluding tert-OH is 1. The topological polar surface area (TPSA) is 55.5 Å². The molecule has 1 heterocycles. The predicted molar refractivity (Wildman–Crippen MR) is 63.3 cm³/mol. The molecule has 2 rings (SSSR count). The van der Waals surface area contributed by atoms with Gasteiger partial charge < -0.3 is 15.6 Å². The number of rotatable bonds is 3. The van der Waals surface area contributed by atoms with E-state index in [4.69, 9.17) is 22.1 Å². The van der Waals surface area contributed by atoms with Gasteiger partial charge in [0.2, 0.25) is 0 Å². The van der Waals surface area contributed by atoms with Gasteiger partial charge in [-0.3, -0.25) is 0 Å². The molecular weight excluding hydrogens is 245 g/mol. The zero-order valence-electron chi connectivity index (χ0n) is 9.33. The second kappa shape index (κ2) is 4.90. The van der Waals surface area contributed by atoms with Crippen LogP contribution in [0.15, 0.2) is 18.2 Å². The van der Waals surface area contributed by atoms with Crippen molar-refractivity contribution < 1.29 is 14.2 Å². The van der Waals surface area contributed by atoms with Crippen LogP contribution in [0, 0.1) is 11.2 Å². The predicted octanol–water partition coefficient (Wildman–Crippen LogP) is 1.88. The number of halogens is 2. The quantitative estimate of drug-likeness (QED) is 0.871. The van der Waals surface area contributed by atoms with Crippen molar-refractivity contribution in [1.29, 1.82) is 0 Å². The summed E-state index contributed by atoms with van der Waals surface area (Å²) in [6.45, 7) is 1.13. The van der Waals surface area contributed by atoms with Gasteiger partial charge in [0.1, 0.15) is 5.82 Å². The molecule has 17 heavy (non-hydrogen) atoms. The summed E-state index contributed by atoms with van der Waals surface area (Å²) in [4.78, 5) is 0. The van der Waals surface area contributed by atoms with Gasteiger partial charge in [-0.15, -0.1) is 0 Å². The minimum absolute atomic E-state index is 0.188. The summed E-state index contributed by atoms with van der Waals surface area (Å²) in [5, 5.41) is 10.7. The second-order valence-electron chi connectivity index (χ2n) is 4.44. The van der Waals surface area contributed by atoms with Gasteiger partial charge in [0.05, 0.1) is 12.7 Å². The highest BCUT2D eigenvalue weighted by atomic mass is 35.5. The van der Waals surface area contributed by atoms with Crippen LogP contribution in [-0.4, -0.2) is 24.9 Å². The number of benzene rings is 1. The number of nitrogens with two attached hydrogens (primary N) is 1. The van der Waals surface area contributed by atoms with Crippen LogP contribution in [0.5, 0.6) is 0 Å². The zero-order valence-corrected chi connectivity index (χ0v) is 10.1. The van der Waals surface area contributed by atoms with Crippen molar-refractivity contribution in [2.45, 2.75) is 12.5 Å². The Hall–Kier alpha value is -0.680. The van der Waals surface area contributed by atoms with Crippen LogP contribution < -0.4 is 5.73 Å². The van der Waals surface area contributed by atoms with Crippen LogP contribution >= 0.6 is 11.6 Å². The number of ether oxygens (including phenoxy) is 1. The second-order valence-corrected chi connectivity index (χ2v) is 4.87. The van der Waals surface area contributed by atoms with E-state index in [2.05, 4.69) is 0 Å². The smallest absolute Gasteiger partial charge is 0.129 e. The minimum atomic E-state index is -0.992. The number of hydrogen-bond donors (Lipinski definition) is 2. The first-order valence-corrected chi connectivity index (χ1v) is 5.88. The molecule has 2 unspecified atom stereocenters. The monoisotopic (exact) mass is 259 g/mol. The lowest BCUT2D eigenvalue weighted by atomic mass is 9.78. The van der Waals surface area contributed by atoms with Gasteiger partial charge in [-0.05, 0) is 24.6 Å². The standard InChI is InChI=1S/C12H15ClFNO2/c13-8-1-2-10(14)9(5-8)11(16)12(6-15)3-4-17-7-12/h1-2,5,11,16H,3-4,6-7,15H2. The fourth-order valence-corrected chi connectivity index (χ4v) is 2.35. The highest BCUT2D eigenvalue weighted by molar-refractivity contribution is 6.30. The molecule has 2 atom stereocenters. The lowest BCUT2D eigenvalue weighted by molar-refractivity contribution is 0.0168. The summed E-state index contributed by atoms with van der Waals surface area (Å²) in [5.41, 5.74) is 5.28. The molecule has 0 radical (unpaired) electrons. The Bertz CT molecular complexity index is 407. The van der Waals surface area contributed by atoms with E-state index in [1.54, 1.807) is 0 Å². The molecule has 1 aromatic rings. The van der Waals surface area contributed by atoms with Crippen LogP contribution in [0.4, 0.5) is 4.39 Å². The van der Waals surface area contributed by atoms with Crippen LogP contribution in [0.25, 0.3) is 0 Å². The van der Waals surface area contributed by atoms with Crippen molar-refractivity contribution in [1.82, 2.24) is 0 Å². The molecule has 94 valence electrons. The molecule has 3 N–H and O–H groups in total. The van der Waals surface area contributed by atoms with Crippen molar-refractivity contribution >= 4 is 11.6 Å². The SMILES string of the molecule is NCC1(C(O)c2cc(Cl)ccc2F)CCOC1. The molecular formula is C12H15ClFNO2. The Morgan fingerprint density at radius 2 is 2.35 bits per heavy atom. The van der Waals surface area contributed by atoms with Crippen LogP contribution in [0.3, 0.4) is 0 Å². The molecule has 1 aliphatic heterocycles. The largest absolute Gasteiger partial charge is 0.388 e. The molecule has 0 amide bonds. The maximum Gasteiger partial charge on any atom is 0.129 e. The number of aliphatic hydroxyl groups is 1. The zero-order chi connectivity index (χ0) is 12.5. The molecule has 1 fully saturated rings. The summed E-state index contributed by atoms with van der Waals surface area (Å²) in [6.07, 6.45) is -0.370. The van der Waals surface area contributed by atoms with E-state index < -0.39 is 17.3 Å². The van der Waals surface area contributed by atoms with E-state index in [0.717, 1.165) is 0 Å². The van der Waals surface area contributed by atoms with Gasteiger partial charge >= 0.3 is 0 Å². The van der Waals surface area contributed by atoms with E-state index in [1.807, 2.05) is 0 Å². The van der Waals surface area contributed by atoms with Crippen molar-refractivity contribution in [3.8, 4) is 0 Å². The summed E-state index contributed by atoms with van der Waals surface area (Å²) in [6, 6.07) is 4.14. The lowest BCUT2D eigenvalue weighted by Crippen LogP contribution is -2.37. The van der Waals surface area contributed by atoms with E-state index in [-0.39, 0.29) is 12.1 Å². The van der Waals surface area contributed by atoms with Gasteiger partial charge in [0.15, 0.2) is 0 Å². The summed E-state index contributed by atoms with van der Waals surface area (Å²) in [7, 11) is 0. The minimum Gasteiger partial charge on any atom is -0.388 e. The van der Waals surface area contributed by atoms with Crippen molar-refractivity contribution in [2.75, 3.05) is 19.8 Å². The summed E-state index contributed by atoms with van der Waals surface area (Å²) in [5.74, 6) is -0.471. The third-order valence-corrected chi connectivity index (χ3v) is 3.61. The fraction of sp³-hybridized carbons (Fsp3) is 0.500. The molecule has 0 saturated carbocycles. The normalized spacial score (nSPS) is 26.1. The first-order chi connectivity index (χ1) is 8.09. The Labute approximate surface area is 104 Å². The Kier molecular flexibility index (Phi) is 3.68. The molecule has 1 saturated heterocycles. The van der Waals surface area contributed by atoms with Crippen LogP contribution in [0.2, 0.25) is 5.02 Å². The highest BCUT2D eigenvalue weighted by Gasteiger charge is 2.42. The summed E-state index contributed by atoms with van der Waals surface area (Å²) < 4.78 is 18.9. The Morgan fingerprint density at radius 1 is 1.59 bits per heavy atom. The van der Waals surface area contributed by atoms with E-state index in [1.165, 1.54) is 18.2 Å². The maximum absolute atomic E-state index is 13.7. The van der Waals surface area contributed by atoms with Crippen LogP contribution in [-0.2, 0) is 4.74 Å². The molecule has 0 bridgehead atoms. The van der Waals surface area contributed by atoms with Gasteiger partial charge in [-0.2, -0.15) is 0 Å². The van der Waals surface area contributed by atoms with Gasteiger partial charge in [0, 0.05) is 29.2 Å². The Balaban J connectivity index is 2.35. The number of hydrogen-bond acceptors (Lipinski definition) is 3. The average Bonchev–Trinajstić information content (AvgIpc) is 2.81. The first kappa shape index (κ1) is 12.8. The molecule has 1 aromatic carbocycles. The molecule has 0 aromatic heterocycles. The maximum atomic E-state index is 13.7. The lowest BCUT2D eigenvalue weighted by Gasteiger charge is -2.31. The van der Waals surface area contributed by atoms with Gasteiger partial charge in [0.25, 0.3) is 0 Å². The van der Waals surface area contributed by atoms with Crippen LogP contribution in [0.1, 0.15) is 18.1 Å². The van der Waals surface area contributed by atoms with E-state index in [9.17, 15) is 9.50 Å². The van der Waals surface area contributed by atoms with E-state index >= 15 is 0 Å². The summed E-state index contributed by atoms with van der Waals surface area (Å²) >= 11 is 5.82. The van der Waals surface area contributed by atoms with Gasteiger partial charge in [-0.1, -0.05) is 11.6 Å². The van der Waals surface area contributed by atoms with Crippen molar-refractivity contribution in [3.63, 3.8) is 0 Å².